The summed E-state index contributed by atoms with van der Waals surface area (Å²) in [5.41, 5.74) is 1.75. The Hall–Kier alpha value is -1.62. The molecule has 0 saturated heterocycles. The average Bonchev–Trinajstić information content (AvgIpc) is 2.33. The van der Waals surface area contributed by atoms with Crippen molar-refractivity contribution in [2.75, 3.05) is 25.1 Å². The summed E-state index contributed by atoms with van der Waals surface area (Å²) in [6.45, 7) is 6.00. The Kier molecular flexibility index (Phi) is 6.14. The van der Waals surface area contributed by atoms with E-state index in [1.165, 1.54) is 0 Å². The third kappa shape index (κ3) is 5.14. The van der Waals surface area contributed by atoms with Crippen LogP contribution in [-0.4, -0.2) is 24.7 Å². The van der Waals surface area contributed by atoms with Crippen LogP contribution in [-0.2, 0) is 4.74 Å². The van der Waals surface area contributed by atoms with Crippen LogP contribution in [0.15, 0.2) is 18.2 Å². The van der Waals surface area contributed by atoms with E-state index in [2.05, 4.69) is 12.2 Å². The van der Waals surface area contributed by atoms with Gasteiger partial charge in [0.25, 0.3) is 5.69 Å². The summed E-state index contributed by atoms with van der Waals surface area (Å²) in [7, 11) is 0. The molecular formula is C13H20N2O3. The SMILES string of the molecule is CCCCOCCNc1cc(C)cc([N+](=O)[O-])c1. The predicted octanol–water partition coefficient (Wildman–Crippen LogP) is 3.13. The number of anilines is 1. The standard InChI is InChI=1S/C13H20N2O3/c1-3-4-6-18-7-5-14-12-8-11(2)9-13(10-12)15(16)17/h8-10,14H,3-7H2,1-2H3. The van der Waals surface area contributed by atoms with E-state index in [9.17, 15) is 10.1 Å². The minimum Gasteiger partial charge on any atom is -0.383 e. The van der Waals surface area contributed by atoms with Gasteiger partial charge in [0.2, 0.25) is 0 Å². The summed E-state index contributed by atoms with van der Waals surface area (Å²) in [4.78, 5) is 10.3. The summed E-state index contributed by atoms with van der Waals surface area (Å²) < 4.78 is 5.41. The van der Waals surface area contributed by atoms with Gasteiger partial charge in [-0.3, -0.25) is 10.1 Å². The average molecular weight is 252 g/mol. The lowest BCUT2D eigenvalue weighted by atomic mass is 10.2. The topological polar surface area (TPSA) is 64.4 Å². The Morgan fingerprint density at radius 2 is 2.11 bits per heavy atom. The van der Waals surface area contributed by atoms with Crippen molar-refractivity contribution in [1.29, 1.82) is 0 Å². The second-order valence-electron chi connectivity index (χ2n) is 4.21. The maximum Gasteiger partial charge on any atom is 0.271 e. The second-order valence-corrected chi connectivity index (χ2v) is 4.21. The van der Waals surface area contributed by atoms with Gasteiger partial charge in [-0.2, -0.15) is 0 Å². The zero-order valence-electron chi connectivity index (χ0n) is 10.9. The van der Waals surface area contributed by atoms with Crippen molar-refractivity contribution in [3.63, 3.8) is 0 Å². The van der Waals surface area contributed by atoms with E-state index >= 15 is 0 Å². The third-order valence-corrected chi connectivity index (χ3v) is 2.49. The quantitative estimate of drug-likeness (QED) is 0.438. The smallest absolute Gasteiger partial charge is 0.271 e. The fraction of sp³-hybridized carbons (Fsp3) is 0.538. The molecule has 0 bridgehead atoms. The highest BCUT2D eigenvalue weighted by molar-refractivity contribution is 5.53. The largest absolute Gasteiger partial charge is 0.383 e. The van der Waals surface area contributed by atoms with Gasteiger partial charge in [0.15, 0.2) is 0 Å². The van der Waals surface area contributed by atoms with Gasteiger partial charge in [0.1, 0.15) is 0 Å². The van der Waals surface area contributed by atoms with Gasteiger partial charge in [-0.15, -0.1) is 0 Å². The van der Waals surface area contributed by atoms with E-state index in [0.29, 0.717) is 13.2 Å². The Bertz CT molecular complexity index is 394. The van der Waals surface area contributed by atoms with Crippen LogP contribution < -0.4 is 5.32 Å². The number of non-ortho nitro benzene ring substituents is 1. The number of rotatable bonds is 8. The van der Waals surface area contributed by atoms with E-state index in [0.717, 1.165) is 30.7 Å². The fourth-order valence-electron chi connectivity index (χ4n) is 1.59. The molecule has 0 aliphatic carbocycles. The van der Waals surface area contributed by atoms with E-state index in [-0.39, 0.29) is 10.6 Å². The first-order chi connectivity index (χ1) is 8.63. The van der Waals surface area contributed by atoms with Crippen LogP contribution in [0, 0.1) is 17.0 Å². The third-order valence-electron chi connectivity index (χ3n) is 2.49. The predicted molar refractivity (Wildman–Crippen MR) is 72.1 cm³/mol. The molecule has 100 valence electrons. The van der Waals surface area contributed by atoms with Crippen LogP contribution in [0.25, 0.3) is 0 Å². The Morgan fingerprint density at radius 3 is 2.78 bits per heavy atom. The van der Waals surface area contributed by atoms with Gasteiger partial charge in [0.05, 0.1) is 11.5 Å². The maximum atomic E-state index is 10.7. The van der Waals surface area contributed by atoms with Gasteiger partial charge < -0.3 is 10.1 Å². The Morgan fingerprint density at radius 1 is 1.33 bits per heavy atom. The van der Waals surface area contributed by atoms with Crippen molar-refractivity contribution in [2.24, 2.45) is 0 Å². The number of hydrogen-bond donors (Lipinski definition) is 1. The van der Waals surface area contributed by atoms with Crippen molar-refractivity contribution in [1.82, 2.24) is 0 Å². The van der Waals surface area contributed by atoms with Gasteiger partial charge in [-0.25, -0.2) is 0 Å². The Balaban J connectivity index is 2.40. The molecule has 0 aromatic heterocycles. The molecule has 5 nitrogen and oxygen atoms in total. The molecule has 0 aliphatic heterocycles. The number of nitrogens with one attached hydrogen (secondary N) is 1. The monoisotopic (exact) mass is 252 g/mol. The number of nitro benzene ring substituents is 1. The second kappa shape index (κ2) is 7.66. The van der Waals surface area contributed by atoms with Gasteiger partial charge in [-0.05, 0) is 25.0 Å². The van der Waals surface area contributed by atoms with Crippen molar-refractivity contribution in [2.45, 2.75) is 26.7 Å². The molecule has 5 heteroatoms. The summed E-state index contributed by atoms with van der Waals surface area (Å²) in [6, 6.07) is 4.99. The van der Waals surface area contributed by atoms with Crippen LogP contribution in [0.1, 0.15) is 25.3 Å². The van der Waals surface area contributed by atoms with Gasteiger partial charge in [0, 0.05) is 31.0 Å². The highest BCUT2D eigenvalue weighted by Gasteiger charge is 2.07. The first kappa shape index (κ1) is 14.4. The molecule has 0 saturated carbocycles. The lowest BCUT2D eigenvalue weighted by molar-refractivity contribution is -0.384. The molecule has 0 atom stereocenters. The fourth-order valence-corrected chi connectivity index (χ4v) is 1.59. The normalized spacial score (nSPS) is 10.3. The van der Waals surface area contributed by atoms with Gasteiger partial charge >= 0.3 is 0 Å². The molecule has 18 heavy (non-hydrogen) atoms. The highest BCUT2D eigenvalue weighted by Crippen LogP contribution is 2.20. The Labute approximate surface area is 107 Å². The zero-order valence-corrected chi connectivity index (χ0v) is 10.9. The van der Waals surface area contributed by atoms with Crippen LogP contribution in [0.2, 0.25) is 0 Å². The van der Waals surface area contributed by atoms with E-state index < -0.39 is 0 Å². The minimum absolute atomic E-state index is 0.115. The van der Waals surface area contributed by atoms with Crippen LogP contribution in [0.5, 0.6) is 0 Å². The lowest BCUT2D eigenvalue weighted by Crippen LogP contribution is -2.10. The van der Waals surface area contributed by atoms with E-state index in [4.69, 9.17) is 4.74 Å². The molecule has 1 aromatic carbocycles. The molecule has 1 aromatic rings. The number of unbranched alkanes of at least 4 members (excludes halogenated alkanes) is 1. The van der Waals surface area contributed by atoms with Crippen LogP contribution in [0.4, 0.5) is 11.4 Å². The van der Waals surface area contributed by atoms with Crippen LogP contribution >= 0.6 is 0 Å². The summed E-state index contributed by atoms with van der Waals surface area (Å²) >= 11 is 0. The molecule has 0 heterocycles. The van der Waals surface area contributed by atoms with Crippen molar-refractivity contribution < 1.29 is 9.66 Å². The zero-order chi connectivity index (χ0) is 13.4. The first-order valence-electron chi connectivity index (χ1n) is 6.21. The number of benzene rings is 1. The number of nitrogens with zero attached hydrogens (tertiary/aromatic N) is 1. The molecule has 0 aliphatic rings. The number of hydrogen-bond acceptors (Lipinski definition) is 4. The molecule has 0 fully saturated rings. The van der Waals surface area contributed by atoms with Crippen molar-refractivity contribution >= 4 is 11.4 Å². The lowest BCUT2D eigenvalue weighted by Gasteiger charge is -2.08. The number of nitro groups is 1. The molecule has 0 spiro atoms. The first-order valence-corrected chi connectivity index (χ1v) is 6.21. The number of aryl methyl sites for hydroxylation is 1. The molecule has 0 amide bonds. The molecule has 1 rings (SSSR count). The van der Waals surface area contributed by atoms with E-state index in [1.54, 1.807) is 12.1 Å². The van der Waals surface area contributed by atoms with Crippen molar-refractivity contribution in [3.8, 4) is 0 Å². The van der Waals surface area contributed by atoms with Crippen molar-refractivity contribution in [3.05, 3.63) is 33.9 Å². The summed E-state index contributed by atoms with van der Waals surface area (Å²) in [5.74, 6) is 0. The van der Waals surface area contributed by atoms with Crippen LogP contribution in [0.3, 0.4) is 0 Å². The maximum absolute atomic E-state index is 10.7. The van der Waals surface area contributed by atoms with E-state index in [1.807, 2.05) is 13.0 Å². The molecule has 1 N–H and O–H groups in total. The molecule has 0 unspecified atom stereocenters. The number of ether oxygens (including phenoxy) is 1. The molecular weight excluding hydrogens is 232 g/mol. The highest BCUT2D eigenvalue weighted by atomic mass is 16.6. The summed E-state index contributed by atoms with van der Waals surface area (Å²) in [6.07, 6.45) is 2.19. The summed E-state index contributed by atoms with van der Waals surface area (Å²) in [5, 5.41) is 13.8. The minimum atomic E-state index is -0.379. The van der Waals surface area contributed by atoms with Gasteiger partial charge in [-0.1, -0.05) is 13.3 Å². The molecule has 0 radical (unpaired) electrons.